The summed E-state index contributed by atoms with van der Waals surface area (Å²) in [7, 11) is 0. The van der Waals surface area contributed by atoms with Gasteiger partial charge in [0.25, 0.3) is 0 Å². The summed E-state index contributed by atoms with van der Waals surface area (Å²) in [4.78, 5) is 0. The molecule has 3 rings (SSSR count). The van der Waals surface area contributed by atoms with Gasteiger partial charge in [-0.15, -0.1) is 0 Å². The highest BCUT2D eigenvalue weighted by Crippen LogP contribution is 2.40. The zero-order chi connectivity index (χ0) is 14.7. The van der Waals surface area contributed by atoms with Crippen molar-refractivity contribution in [1.29, 1.82) is 0 Å². The Morgan fingerprint density at radius 3 is 2.52 bits per heavy atom. The third-order valence-electron chi connectivity index (χ3n) is 6.25. The van der Waals surface area contributed by atoms with Gasteiger partial charge in [0.1, 0.15) is 0 Å². The molecule has 1 saturated heterocycles. The van der Waals surface area contributed by atoms with E-state index in [9.17, 15) is 0 Å². The van der Waals surface area contributed by atoms with E-state index in [-0.39, 0.29) is 0 Å². The molecule has 0 aromatic heterocycles. The monoisotopic (exact) mass is 293 g/mol. The van der Waals surface area contributed by atoms with Crippen LogP contribution in [-0.4, -0.2) is 25.3 Å². The quantitative estimate of drug-likeness (QED) is 0.752. The van der Waals surface area contributed by atoms with Crippen molar-refractivity contribution in [3.8, 4) is 0 Å². The number of ether oxygens (including phenoxy) is 1. The van der Waals surface area contributed by atoms with Gasteiger partial charge >= 0.3 is 0 Å². The van der Waals surface area contributed by atoms with E-state index in [4.69, 9.17) is 4.74 Å². The van der Waals surface area contributed by atoms with Crippen molar-refractivity contribution in [1.82, 2.24) is 5.32 Å². The van der Waals surface area contributed by atoms with Gasteiger partial charge in [-0.05, 0) is 88.0 Å². The lowest BCUT2D eigenvalue weighted by Gasteiger charge is -2.38. The number of hydrogen-bond donors (Lipinski definition) is 1. The minimum Gasteiger partial charge on any atom is -0.378 e. The fourth-order valence-corrected chi connectivity index (χ4v) is 4.47. The van der Waals surface area contributed by atoms with E-state index in [0.29, 0.717) is 6.10 Å². The fraction of sp³-hybridized carbons (Fsp3) is 1.00. The molecule has 3 aliphatic rings. The molecular weight excluding hydrogens is 258 g/mol. The first-order valence-electron chi connectivity index (χ1n) is 9.57. The summed E-state index contributed by atoms with van der Waals surface area (Å²) >= 11 is 0. The maximum atomic E-state index is 5.85. The number of hydrogen-bond acceptors (Lipinski definition) is 2. The molecule has 2 nitrogen and oxygen atoms in total. The zero-order valence-electron chi connectivity index (χ0n) is 14.2. The Kier molecular flexibility index (Phi) is 5.61. The molecule has 1 N–H and O–H groups in total. The zero-order valence-corrected chi connectivity index (χ0v) is 14.2. The van der Waals surface area contributed by atoms with Gasteiger partial charge in [0.05, 0.1) is 6.10 Å². The van der Waals surface area contributed by atoms with Crippen molar-refractivity contribution in [2.24, 2.45) is 23.7 Å². The second-order valence-electron chi connectivity index (χ2n) is 8.23. The molecule has 3 fully saturated rings. The van der Waals surface area contributed by atoms with Crippen molar-refractivity contribution >= 4 is 0 Å². The smallest absolute Gasteiger partial charge is 0.0576 e. The summed E-state index contributed by atoms with van der Waals surface area (Å²) in [6, 6.07) is 0.867. The second kappa shape index (κ2) is 7.46. The average Bonchev–Trinajstić information content (AvgIpc) is 3.17. The molecule has 2 aliphatic carbocycles. The lowest BCUT2D eigenvalue weighted by molar-refractivity contribution is 0.0795. The van der Waals surface area contributed by atoms with Gasteiger partial charge < -0.3 is 10.1 Å². The molecule has 0 aromatic rings. The van der Waals surface area contributed by atoms with Gasteiger partial charge in [0.15, 0.2) is 0 Å². The van der Waals surface area contributed by atoms with Crippen LogP contribution >= 0.6 is 0 Å². The normalized spacial score (nSPS) is 37.3. The van der Waals surface area contributed by atoms with Crippen LogP contribution < -0.4 is 5.32 Å². The van der Waals surface area contributed by atoms with Gasteiger partial charge in [0, 0.05) is 12.6 Å². The highest BCUT2D eigenvalue weighted by atomic mass is 16.5. The highest BCUT2D eigenvalue weighted by molar-refractivity contribution is 4.87. The average molecular weight is 293 g/mol. The van der Waals surface area contributed by atoms with Gasteiger partial charge in [-0.1, -0.05) is 13.8 Å². The van der Waals surface area contributed by atoms with Crippen molar-refractivity contribution < 1.29 is 4.74 Å². The maximum absolute atomic E-state index is 5.85. The van der Waals surface area contributed by atoms with E-state index in [0.717, 1.165) is 36.3 Å². The molecule has 4 atom stereocenters. The Bertz CT molecular complexity index is 307. The molecule has 0 amide bonds. The van der Waals surface area contributed by atoms with Crippen LogP contribution in [0.3, 0.4) is 0 Å². The Balaban J connectivity index is 1.49. The van der Waals surface area contributed by atoms with Gasteiger partial charge in [-0.3, -0.25) is 0 Å². The van der Waals surface area contributed by atoms with E-state index >= 15 is 0 Å². The van der Waals surface area contributed by atoms with Gasteiger partial charge in [0.2, 0.25) is 0 Å². The minimum absolute atomic E-state index is 0.585. The third-order valence-corrected chi connectivity index (χ3v) is 6.25. The molecule has 1 aliphatic heterocycles. The largest absolute Gasteiger partial charge is 0.378 e. The SMILES string of the molecule is CC(C)C1CCC(CNC2CC2)C(CCC2CCCO2)C1. The highest BCUT2D eigenvalue weighted by Gasteiger charge is 2.33. The lowest BCUT2D eigenvalue weighted by Crippen LogP contribution is -2.35. The standard InChI is InChI=1S/C19H35NO/c1-14(2)15-5-6-17(13-20-18-8-9-18)16(12-15)7-10-19-4-3-11-21-19/h14-20H,3-13H2,1-2H3. The molecule has 0 radical (unpaired) electrons. The van der Waals surface area contributed by atoms with E-state index in [1.807, 2.05) is 0 Å². The van der Waals surface area contributed by atoms with E-state index in [1.54, 1.807) is 0 Å². The Morgan fingerprint density at radius 2 is 1.86 bits per heavy atom. The molecule has 2 saturated carbocycles. The molecule has 1 heterocycles. The summed E-state index contributed by atoms with van der Waals surface area (Å²) in [5.41, 5.74) is 0. The first-order valence-corrected chi connectivity index (χ1v) is 9.57. The minimum atomic E-state index is 0.585. The van der Waals surface area contributed by atoms with Crippen LogP contribution in [-0.2, 0) is 4.74 Å². The maximum Gasteiger partial charge on any atom is 0.0576 e. The van der Waals surface area contributed by atoms with Crippen LogP contribution in [0.15, 0.2) is 0 Å². The van der Waals surface area contributed by atoms with Crippen molar-refractivity contribution in [2.75, 3.05) is 13.2 Å². The van der Waals surface area contributed by atoms with Crippen molar-refractivity contribution in [3.05, 3.63) is 0 Å². The van der Waals surface area contributed by atoms with Crippen LogP contribution in [0.2, 0.25) is 0 Å². The molecular formula is C19H35NO. The van der Waals surface area contributed by atoms with Crippen LogP contribution in [0.1, 0.15) is 71.6 Å². The molecule has 4 unspecified atom stereocenters. The number of nitrogens with one attached hydrogen (secondary N) is 1. The first-order chi connectivity index (χ1) is 10.2. The predicted octanol–water partition coefficient (Wildman–Crippen LogP) is 4.39. The number of rotatable bonds is 7. The van der Waals surface area contributed by atoms with Crippen LogP contribution in [0.4, 0.5) is 0 Å². The van der Waals surface area contributed by atoms with Crippen molar-refractivity contribution in [2.45, 2.75) is 83.8 Å². The summed E-state index contributed by atoms with van der Waals surface area (Å²) < 4.78 is 5.85. The van der Waals surface area contributed by atoms with E-state index in [1.165, 1.54) is 64.3 Å². The summed E-state index contributed by atoms with van der Waals surface area (Å²) in [6.45, 7) is 7.14. The Morgan fingerprint density at radius 1 is 1.00 bits per heavy atom. The summed E-state index contributed by atoms with van der Waals surface area (Å²) in [5.74, 6) is 3.72. The molecule has 21 heavy (non-hydrogen) atoms. The van der Waals surface area contributed by atoms with Crippen LogP contribution in [0.5, 0.6) is 0 Å². The Labute approximate surface area is 131 Å². The Hall–Kier alpha value is -0.0800. The predicted molar refractivity (Wildman–Crippen MR) is 88.4 cm³/mol. The first kappa shape index (κ1) is 15.8. The van der Waals surface area contributed by atoms with Crippen LogP contribution in [0, 0.1) is 23.7 Å². The van der Waals surface area contributed by atoms with E-state index in [2.05, 4.69) is 19.2 Å². The topological polar surface area (TPSA) is 21.3 Å². The van der Waals surface area contributed by atoms with Gasteiger partial charge in [-0.2, -0.15) is 0 Å². The lowest BCUT2D eigenvalue weighted by atomic mass is 9.69. The molecule has 0 bridgehead atoms. The second-order valence-corrected chi connectivity index (χ2v) is 8.23. The van der Waals surface area contributed by atoms with Crippen LogP contribution in [0.25, 0.3) is 0 Å². The third kappa shape index (κ3) is 4.69. The molecule has 2 heteroatoms. The van der Waals surface area contributed by atoms with E-state index < -0.39 is 0 Å². The van der Waals surface area contributed by atoms with Crippen molar-refractivity contribution in [3.63, 3.8) is 0 Å². The summed E-state index contributed by atoms with van der Waals surface area (Å²) in [6.07, 6.45) is 13.1. The summed E-state index contributed by atoms with van der Waals surface area (Å²) in [5, 5.41) is 3.80. The molecule has 0 spiro atoms. The molecule has 0 aromatic carbocycles. The fourth-order valence-electron chi connectivity index (χ4n) is 4.47. The van der Waals surface area contributed by atoms with Gasteiger partial charge in [-0.25, -0.2) is 0 Å². The molecule has 122 valence electrons.